The first-order valence-corrected chi connectivity index (χ1v) is 11.7. The van der Waals surface area contributed by atoms with Crippen LogP contribution in [0, 0.1) is 5.92 Å². The summed E-state index contributed by atoms with van der Waals surface area (Å²) in [5.74, 6) is -1.79. The third-order valence-corrected chi connectivity index (χ3v) is 6.93. The van der Waals surface area contributed by atoms with Gasteiger partial charge in [0.25, 0.3) is 0 Å². The number of esters is 1. The molecule has 0 spiro atoms. The van der Waals surface area contributed by atoms with E-state index in [1.807, 2.05) is 31.2 Å². The van der Waals surface area contributed by atoms with E-state index in [1.165, 1.54) is 6.07 Å². The van der Waals surface area contributed by atoms with Gasteiger partial charge < -0.3 is 9.84 Å². The maximum atomic E-state index is 13.4. The maximum absolute atomic E-state index is 13.4. The number of carbonyl (C=O) groups excluding carboxylic acids is 1. The van der Waals surface area contributed by atoms with Crippen molar-refractivity contribution in [1.29, 1.82) is 0 Å². The summed E-state index contributed by atoms with van der Waals surface area (Å²) in [4.78, 5) is 16.4. The Hall–Kier alpha value is -3.09. The predicted octanol–water partition coefficient (Wildman–Crippen LogP) is 6.94. The minimum Gasteiger partial charge on any atom is -0.493 e. The Kier molecular flexibility index (Phi) is 6.82. The first-order chi connectivity index (χ1) is 16.2. The van der Waals surface area contributed by atoms with Crippen LogP contribution in [0.2, 0.25) is 0 Å². The van der Waals surface area contributed by atoms with Crippen molar-refractivity contribution in [2.75, 3.05) is 6.61 Å². The number of hydrogen-bond acceptors (Lipinski definition) is 4. The number of fused-ring (bicyclic) bond motifs is 1. The van der Waals surface area contributed by atoms with E-state index in [4.69, 9.17) is 4.74 Å². The zero-order valence-corrected chi connectivity index (χ0v) is 19.1. The zero-order valence-electron chi connectivity index (χ0n) is 19.1. The number of benzene rings is 2. The molecule has 1 aliphatic carbocycles. The predicted molar refractivity (Wildman–Crippen MR) is 124 cm³/mol. The molecule has 4 nitrogen and oxygen atoms in total. The van der Waals surface area contributed by atoms with Crippen LogP contribution in [-0.2, 0) is 10.2 Å². The first-order valence-electron chi connectivity index (χ1n) is 11.7. The molecule has 1 aliphatic rings. The molecule has 0 radical (unpaired) electrons. The smallest absolute Gasteiger partial charge is 0.391 e. The minimum absolute atomic E-state index is 0.0379. The highest BCUT2D eigenvalue weighted by molar-refractivity contribution is 5.89. The molecular formula is C27H28F3NO3. The van der Waals surface area contributed by atoms with Crippen LogP contribution in [0.15, 0.2) is 54.6 Å². The second-order valence-electron chi connectivity index (χ2n) is 9.04. The van der Waals surface area contributed by atoms with Crippen molar-refractivity contribution < 1.29 is 27.8 Å². The van der Waals surface area contributed by atoms with Crippen molar-refractivity contribution in [3.63, 3.8) is 0 Å². The number of aromatic hydroxyl groups is 1. The third kappa shape index (κ3) is 4.88. The summed E-state index contributed by atoms with van der Waals surface area (Å²) in [6.07, 6.45) is -1.73. The molecule has 1 fully saturated rings. The fraction of sp³-hybridized carbons (Fsp3) is 0.407. The number of unbranched alkanes of at least 4 members (excludes halogenated alkanes) is 1. The fourth-order valence-electron chi connectivity index (χ4n) is 4.91. The van der Waals surface area contributed by atoms with Crippen LogP contribution in [0.1, 0.15) is 66.9 Å². The minimum atomic E-state index is -4.21. The molecule has 1 saturated carbocycles. The Morgan fingerprint density at radius 3 is 2.38 bits per heavy atom. The molecular weight excluding hydrogens is 443 g/mol. The van der Waals surface area contributed by atoms with Gasteiger partial charge in [0.2, 0.25) is 5.88 Å². The van der Waals surface area contributed by atoms with E-state index in [2.05, 4.69) is 4.98 Å². The monoisotopic (exact) mass is 471 g/mol. The van der Waals surface area contributed by atoms with Crippen LogP contribution in [-0.4, -0.2) is 28.8 Å². The van der Waals surface area contributed by atoms with E-state index in [1.54, 1.807) is 24.3 Å². The average Bonchev–Trinajstić information content (AvgIpc) is 2.83. The van der Waals surface area contributed by atoms with Gasteiger partial charge in [-0.15, -0.1) is 0 Å². The van der Waals surface area contributed by atoms with Crippen molar-refractivity contribution in [2.24, 2.45) is 5.92 Å². The highest BCUT2D eigenvalue weighted by Crippen LogP contribution is 2.50. The van der Waals surface area contributed by atoms with Gasteiger partial charge in [0.05, 0.1) is 23.6 Å². The lowest BCUT2D eigenvalue weighted by atomic mass is 9.63. The van der Waals surface area contributed by atoms with Crippen LogP contribution < -0.4 is 0 Å². The van der Waals surface area contributed by atoms with Gasteiger partial charge in [0, 0.05) is 16.9 Å². The van der Waals surface area contributed by atoms with E-state index in [9.17, 15) is 23.1 Å². The van der Waals surface area contributed by atoms with E-state index in [0.29, 0.717) is 30.5 Å². The SMILES string of the molecule is CCCCOC(=O)c1ccc(C2(c3ccc4nc(O)ccc4c3)CCC(C(F)(F)F)CC2)cc1. The molecule has 2 aromatic carbocycles. The number of rotatable bonds is 6. The number of pyridine rings is 1. The van der Waals surface area contributed by atoms with E-state index < -0.39 is 23.5 Å². The Labute approximate surface area is 196 Å². The molecule has 0 amide bonds. The molecule has 7 heteroatoms. The molecule has 0 aliphatic heterocycles. The van der Waals surface area contributed by atoms with E-state index >= 15 is 0 Å². The molecule has 180 valence electrons. The summed E-state index contributed by atoms with van der Waals surface area (Å²) in [6, 6.07) is 15.9. The molecule has 4 rings (SSSR count). The van der Waals surface area contributed by atoms with Crippen LogP contribution in [0.4, 0.5) is 13.2 Å². The number of carbonyl (C=O) groups is 1. The average molecular weight is 472 g/mol. The summed E-state index contributed by atoms with van der Waals surface area (Å²) >= 11 is 0. The summed E-state index contributed by atoms with van der Waals surface area (Å²) in [6.45, 7) is 2.38. The van der Waals surface area contributed by atoms with E-state index in [0.717, 1.165) is 29.4 Å². The summed E-state index contributed by atoms with van der Waals surface area (Å²) in [5.41, 5.74) is 2.22. The lowest BCUT2D eigenvalue weighted by Gasteiger charge is -2.42. The fourth-order valence-corrected chi connectivity index (χ4v) is 4.91. The third-order valence-electron chi connectivity index (χ3n) is 6.93. The number of halogens is 3. The molecule has 1 heterocycles. The molecule has 0 atom stereocenters. The lowest BCUT2D eigenvalue weighted by molar-refractivity contribution is -0.184. The summed E-state index contributed by atoms with van der Waals surface area (Å²) in [7, 11) is 0. The van der Waals surface area contributed by atoms with Crippen molar-refractivity contribution in [3.8, 4) is 5.88 Å². The summed E-state index contributed by atoms with van der Waals surface area (Å²) < 4.78 is 45.6. The molecule has 0 saturated heterocycles. The Balaban J connectivity index is 1.69. The van der Waals surface area contributed by atoms with Gasteiger partial charge >= 0.3 is 12.1 Å². The number of hydrogen-bond donors (Lipinski definition) is 1. The Morgan fingerprint density at radius 2 is 1.74 bits per heavy atom. The van der Waals surface area contributed by atoms with Crippen molar-refractivity contribution in [1.82, 2.24) is 4.98 Å². The second kappa shape index (κ2) is 9.65. The Bertz CT molecular complexity index is 1150. The van der Waals surface area contributed by atoms with Gasteiger partial charge in [-0.25, -0.2) is 9.78 Å². The second-order valence-corrected chi connectivity index (χ2v) is 9.04. The lowest BCUT2D eigenvalue weighted by Crippen LogP contribution is -2.37. The molecule has 1 N–H and O–H groups in total. The van der Waals surface area contributed by atoms with Crippen LogP contribution in [0.5, 0.6) is 5.88 Å². The Morgan fingerprint density at radius 1 is 1.06 bits per heavy atom. The zero-order chi connectivity index (χ0) is 24.3. The summed E-state index contributed by atoms with van der Waals surface area (Å²) in [5, 5.41) is 10.5. The van der Waals surface area contributed by atoms with Crippen molar-refractivity contribution in [3.05, 3.63) is 71.3 Å². The number of aromatic nitrogens is 1. The standard InChI is InChI=1S/C27H28F3NO3/c1-2-3-16-34-25(33)18-4-7-20(8-5-18)26(14-12-21(13-15-26)27(28,29)30)22-9-10-23-19(17-22)6-11-24(32)31-23/h4-11,17,21H,2-3,12-16H2,1H3,(H,31,32). The van der Waals surface area contributed by atoms with Gasteiger partial charge in [-0.1, -0.05) is 31.5 Å². The topological polar surface area (TPSA) is 59.4 Å². The van der Waals surface area contributed by atoms with Gasteiger partial charge in [-0.2, -0.15) is 13.2 Å². The van der Waals surface area contributed by atoms with Crippen molar-refractivity contribution >= 4 is 16.9 Å². The molecule has 0 unspecified atom stereocenters. The molecule has 3 aromatic rings. The normalized spacial score (nSPS) is 20.9. The highest BCUT2D eigenvalue weighted by Gasteiger charge is 2.47. The number of ether oxygens (including phenoxy) is 1. The number of nitrogens with zero attached hydrogens (tertiary/aromatic N) is 1. The largest absolute Gasteiger partial charge is 0.493 e. The van der Waals surface area contributed by atoms with Crippen molar-refractivity contribution in [2.45, 2.75) is 57.0 Å². The van der Waals surface area contributed by atoms with Gasteiger partial charge in [-0.3, -0.25) is 0 Å². The molecule has 34 heavy (non-hydrogen) atoms. The van der Waals surface area contributed by atoms with Gasteiger partial charge in [0.1, 0.15) is 0 Å². The molecule has 1 aromatic heterocycles. The van der Waals surface area contributed by atoms with Crippen LogP contribution >= 0.6 is 0 Å². The quantitative estimate of drug-likeness (QED) is 0.313. The van der Waals surface area contributed by atoms with Gasteiger partial charge in [0.15, 0.2) is 0 Å². The number of alkyl halides is 3. The first kappa shape index (κ1) is 24.0. The molecule has 0 bridgehead atoms. The maximum Gasteiger partial charge on any atom is 0.391 e. The highest BCUT2D eigenvalue weighted by atomic mass is 19.4. The van der Waals surface area contributed by atoms with Crippen LogP contribution in [0.3, 0.4) is 0 Å². The van der Waals surface area contributed by atoms with Crippen LogP contribution in [0.25, 0.3) is 10.9 Å². The van der Waals surface area contributed by atoms with Gasteiger partial charge in [-0.05, 0) is 73.6 Å². The van der Waals surface area contributed by atoms with E-state index in [-0.39, 0.29) is 18.7 Å².